The Bertz CT molecular complexity index is 865. The SMILES string of the molecule is CCCCc1cc(C)c(N(c2ccc(C)cc2)c2ccc(C)cc2)c(OC)c1. The molecule has 0 aliphatic carbocycles. The Kier molecular flexibility index (Phi) is 6.41. The predicted molar refractivity (Wildman–Crippen MR) is 121 cm³/mol. The van der Waals surface area contributed by atoms with Crippen LogP contribution in [0.4, 0.5) is 17.1 Å². The first kappa shape index (κ1) is 20.0. The molecule has 0 N–H and O–H groups in total. The van der Waals surface area contributed by atoms with E-state index in [9.17, 15) is 0 Å². The van der Waals surface area contributed by atoms with Crippen molar-refractivity contribution in [2.45, 2.75) is 47.0 Å². The molecule has 2 heteroatoms. The fraction of sp³-hybridized carbons (Fsp3) is 0.308. The van der Waals surface area contributed by atoms with Gasteiger partial charge in [-0.1, -0.05) is 54.8 Å². The summed E-state index contributed by atoms with van der Waals surface area (Å²) >= 11 is 0. The highest BCUT2D eigenvalue weighted by atomic mass is 16.5. The molecule has 3 rings (SSSR count). The van der Waals surface area contributed by atoms with Crippen molar-refractivity contribution in [3.63, 3.8) is 0 Å². The molecule has 0 amide bonds. The Morgan fingerprint density at radius 3 is 1.79 bits per heavy atom. The van der Waals surface area contributed by atoms with Crippen molar-refractivity contribution in [1.29, 1.82) is 0 Å². The van der Waals surface area contributed by atoms with Gasteiger partial charge >= 0.3 is 0 Å². The molecule has 0 bridgehead atoms. The van der Waals surface area contributed by atoms with Crippen molar-refractivity contribution in [3.8, 4) is 5.75 Å². The largest absolute Gasteiger partial charge is 0.495 e. The minimum absolute atomic E-state index is 0.923. The van der Waals surface area contributed by atoms with Crippen LogP contribution in [-0.2, 0) is 6.42 Å². The van der Waals surface area contributed by atoms with E-state index in [1.165, 1.54) is 35.1 Å². The summed E-state index contributed by atoms with van der Waals surface area (Å²) in [5.74, 6) is 0.923. The van der Waals surface area contributed by atoms with Gasteiger partial charge in [0, 0.05) is 11.4 Å². The van der Waals surface area contributed by atoms with Crippen molar-refractivity contribution in [2.24, 2.45) is 0 Å². The molecule has 0 saturated carbocycles. The van der Waals surface area contributed by atoms with Gasteiger partial charge in [0.15, 0.2) is 0 Å². The van der Waals surface area contributed by atoms with Gasteiger partial charge in [0.1, 0.15) is 5.75 Å². The van der Waals surface area contributed by atoms with Gasteiger partial charge < -0.3 is 9.64 Å². The van der Waals surface area contributed by atoms with Gasteiger partial charge in [0.25, 0.3) is 0 Å². The molecule has 0 aromatic heterocycles. The topological polar surface area (TPSA) is 12.5 Å². The summed E-state index contributed by atoms with van der Waals surface area (Å²) in [4.78, 5) is 2.30. The molecule has 0 saturated heterocycles. The molecular weight excluding hydrogens is 342 g/mol. The lowest BCUT2D eigenvalue weighted by atomic mass is 10.0. The summed E-state index contributed by atoms with van der Waals surface area (Å²) in [6, 6.07) is 21.9. The molecule has 0 aliphatic heterocycles. The van der Waals surface area contributed by atoms with E-state index in [1.807, 2.05) is 0 Å². The van der Waals surface area contributed by atoms with Crippen LogP contribution in [0.1, 0.15) is 42.0 Å². The molecule has 3 aromatic carbocycles. The molecular formula is C26H31NO. The quantitative estimate of drug-likeness (QED) is 0.427. The number of nitrogens with zero attached hydrogens (tertiary/aromatic N) is 1. The average Bonchev–Trinajstić information content (AvgIpc) is 2.70. The molecule has 0 spiro atoms. The Hall–Kier alpha value is -2.74. The molecule has 0 radical (unpaired) electrons. The average molecular weight is 374 g/mol. The van der Waals surface area contributed by atoms with Gasteiger partial charge in [-0.2, -0.15) is 0 Å². The minimum Gasteiger partial charge on any atom is -0.495 e. The normalized spacial score (nSPS) is 10.8. The number of hydrogen-bond acceptors (Lipinski definition) is 2. The van der Waals surface area contributed by atoms with Gasteiger partial charge in [-0.05, 0) is 75.1 Å². The highest BCUT2D eigenvalue weighted by Crippen LogP contribution is 2.43. The maximum Gasteiger partial charge on any atom is 0.143 e. The first-order chi connectivity index (χ1) is 13.5. The number of ether oxygens (including phenoxy) is 1. The number of aryl methyl sites for hydroxylation is 4. The Morgan fingerprint density at radius 2 is 1.32 bits per heavy atom. The van der Waals surface area contributed by atoms with Gasteiger partial charge in [-0.15, -0.1) is 0 Å². The number of anilines is 3. The molecule has 0 fully saturated rings. The predicted octanol–water partition coefficient (Wildman–Crippen LogP) is 7.43. The summed E-state index contributed by atoms with van der Waals surface area (Å²) in [5.41, 5.74) is 8.46. The van der Waals surface area contributed by atoms with E-state index in [-0.39, 0.29) is 0 Å². The highest BCUT2D eigenvalue weighted by Gasteiger charge is 2.20. The van der Waals surface area contributed by atoms with Crippen LogP contribution in [0.15, 0.2) is 60.7 Å². The van der Waals surface area contributed by atoms with Crippen LogP contribution in [0.2, 0.25) is 0 Å². The molecule has 0 heterocycles. The highest BCUT2D eigenvalue weighted by molar-refractivity contribution is 5.82. The van der Waals surface area contributed by atoms with Gasteiger partial charge in [0.2, 0.25) is 0 Å². The maximum absolute atomic E-state index is 5.88. The summed E-state index contributed by atoms with van der Waals surface area (Å²) in [5, 5.41) is 0. The number of hydrogen-bond donors (Lipinski definition) is 0. The van der Waals surface area contributed by atoms with Crippen molar-refractivity contribution in [1.82, 2.24) is 0 Å². The Morgan fingerprint density at radius 1 is 0.786 bits per heavy atom. The standard InChI is InChI=1S/C26H31NO/c1-6-7-8-22-17-21(4)26(25(18-22)28-5)27(23-13-9-19(2)10-14-23)24-15-11-20(3)12-16-24/h9-18H,6-8H2,1-5H3. The molecule has 3 aromatic rings. The zero-order chi connectivity index (χ0) is 20.1. The first-order valence-electron chi connectivity index (χ1n) is 10.1. The lowest BCUT2D eigenvalue weighted by Gasteiger charge is -2.29. The summed E-state index contributed by atoms with van der Waals surface area (Å²) < 4.78 is 5.88. The maximum atomic E-state index is 5.88. The van der Waals surface area contributed by atoms with Gasteiger partial charge in [0.05, 0.1) is 12.8 Å². The van der Waals surface area contributed by atoms with Crippen molar-refractivity contribution in [2.75, 3.05) is 12.0 Å². The van der Waals surface area contributed by atoms with Crippen LogP contribution >= 0.6 is 0 Å². The summed E-state index contributed by atoms with van der Waals surface area (Å²) in [7, 11) is 1.77. The van der Waals surface area contributed by atoms with Gasteiger partial charge in [-0.25, -0.2) is 0 Å². The molecule has 146 valence electrons. The van der Waals surface area contributed by atoms with Crippen molar-refractivity contribution >= 4 is 17.1 Å². The third kappa shape index (κ3) is 4.39. The second-order valence-electron chi connectivity index (χ2n) is 7.57. The number of methoxy groups -OCH3 is 1. The fourth-order valence-electron chi connectivity index (χ4n) is 3.58. The van der Waals surface area contributed by atoms with E-state index < -0.39 is 0 Å². The zero-order valence-corrected chi connectivity index (χ0v) is 17.8. The Balaban J connectivity index is 2.17. The van der Waals surface area contributed by atoms with Gasteiger partial charge in [-0.3, -0.25) is 0 Å². The smallest absolute Gasteiger partial charge is 0.143 e. The van der Waals surface area contributed by atoms with Crippen LogP contribution in [0.3, 0.4) is 0 Å². The second kappa shape index (κ2) is 8.97. The van der Waals surface area contributed by atoms with Crippen LogP contribution in [0.25, 0.3) is 0 Å². The molecule has 0 unspecified atom stereocenters. The third-order valence-corrected chi connectivity index (χ3v) is 5.17. The fourth-order valence-corrected chi connectivity index (χ4v) is 3.58. The van der Waals surface area contributed by atoms with E-state index in [0.29, 0.717) is 0 Å². The lowest BCUT2D eigenvalue weighted by Crippen LogP contribution is -2.13. The van der Waals surface area contributed by atoms with Crippen LogP contribution in [0, 0.1) is 20.8 Å². The van der Waals surface area contributed by atoms with Crippen LogP contribution in [0.5, 0.6) is 5.75 Å². The Labute approximate surface area is 169 Å². The summed E-state index contributed by atoms with van der Waals surface area (Å²) in [6.45, 7) is 8.65. The lowest BCUT2D eigenvalue weighted by molar-refractivity contribution is 0.415. The minimum atomic E-state index is 0.923. The third-order valence-electron chi connectivity index (χ3n) is 5.17. The molecule has 0 aliphatic rings. The number of rotatable bonds is 7. The van der Waals surface area contributed by atoms with Crippen LogP contribution < -0.4 is 9.64 Å². The zero-order valence-electron chi connectivity index (χ0n) is 17.8. The molecule has 28 heavy (non-hydrogen) atoms. The van der Waals surface area contributed by atoms with E-state index in [1.54, 1.807) is 7.11 Å². The van der Waals surface area contributed by atoms with Crippen molar-refractivity contribution in [3.05, 3.63) is 82.9 Å². The summed E-state index contributed by atoms with van der Waals surface area (Å²) in [6.07, 6.45) is 3.48. The van der Waals surface area contributed by atoms with E-state index in [0.717, 1.165) is 29.2 Å². The molecule has 2 nitrogen and oxygen atoms in total. The number of benzene rings is 3. The second-order valence-corrected chi connectivity index (χ2v) is 7.57. The monoisotopic (exact) mass is 373 g/mol. The van der Waals surface area contributed by atoms with E-state index >= 15 is 0 Å². The van der Waals surface area contributed by atoms with E-state index in [4.69, 9.17) is 4.74 Å². The number of unbranched alkanes of at least 4 members (excludes halogenated alkanes) is 1. The van der Waals surface area contributed by atoms with Crippen LogP contribution in [-0.4, -0.2) is 7.11 Å². The van der Waals surface area contributed by atoms with Crippen molar-refractivity contribution < 1.29 is 4.74 Å². The molecule has 0 atom stereocenters. The first-order valence-corrected chi connectivity index (χ1v) is 10.1. The van der Waals surface area contributed by atoms with E-state index in [2.05, 4.69) is 93.3 Å².